The van der Waals surface area contributed by atoms with Crippen LogP contribution in [0.5, 0.6) is 0 Å². The van der Waals surface area contributed by atoms with Crippen LogP contribution in [0.3, 0.4) is 0 Å². The van der Waals surface area contributed by atoms with Crippen molar-refractivity contribution in [2.24, 2.45) is 0 Å². The summed E-state index contributed by atoms with van der Waals surface area (Å²) in [5.41, 5.74) is 6.50. The van der Waals surface area contributed by atoms with Gasteiger partial charge < -0.3 is 5.11 Å². The normalized spacial score (nSPS) is 10.4. The number of amides is 3. The van der Waals surface area contributed by atoms with E-state index >= 15 is 0 Å². The number of hydrogen-bond acceptors (Lipinski definition) is 7. The van der Waals surface area contributed by atoms with Gasteiger partial charge in [-0.25, -0.2) is 10.2 Å². The van der Waals surface area contributed by atoms with Gasteiger partial charge in [0.1, 0.15) is 5.69 Å². The standard InChI is InChI=1S/C23H16ClN7O6/c24-17-9-2-1-8-16(17)19-18(13-5-3-7-15(11-13)31(36)37)20(30(28-19)29-23(34)35)22(33)27-26-21(32)14-6-4-10-25-12-14/h1-12,29H,(H,26,32)(H,27,33)(H,34,35). The highest BCUT2D eigenvalue weighted by Crippen LogP contribution is 2.38. The Bertz CT molecular complexity index is 1520. The van der Waals surface area contributed by atoms with Crippen molar-refractivity contribution in [1.82, 2.24) is 25.7 Å². The largest absolute Gasteiger partial charge is 0.464 e. The van der Waals surface area contributed by atoms with E-state index in [1.165, 1.54) is 48.8 Å². The number of carbonyl (C=O) groups excluding carboxylic acids is 2. The summed E-state index contributed by atoms with van der Waals surface area (Å²) in [5.74, 6) is -1.67. The summed E-state index contributed by atoms with van der Waals surface area (Å²) in [6.45, 7) is 0. The molecule has 13 nitrogen and oxygen atoms in total. The molecule has 0 bridgehead atoms. The summed E-state index contributed by atoms with van der Waals surface area (Å²) in [5, 5.41) is 25.2. The predicted octanol–water partition coefficient (Wildman–Crippen LogP) is 3.47. The molecule has 0 aliphatic carbocycles. The van der Waals surface area contributed by atoms with Crippen LogP contribution in [-0.4, -0.2) is 42.8 Å². The molecular formula is C23H16ClN7O6. The van der Waals surface area contributed by atoms with Crippen molar-refractivity contribution < 1.29 is 24.4 Å². The number of rotatable bonds is 6. The molecule has 4 aromatic rings. The number of nitro benzene ring substituents is 1. The molecule has 2 heterocycles. The number of halogens is 1. The fraction of sp³-hybridized carbons (Fsp3) is 0. The second-order valence-corrected chi connectivity index (χ2v) is 7.75. The van der Waals surface area contributed by atoms with Gasteiger partial charge >= 0.3 is 6.09 Å². The molecule has 0 radical (unpaired) electrons. The Balaban J connectivity index is 1.87. The van der Waals surface area contributed by atoms with E-state index in [4.69, 9.17) is 11.6 Å². The van der Waals surface area contributed by atoms with Crippen LogP contribution in [0.2, 0.25) is 5.02 Å². The number of aromatic nitrogens is 3. The molecule has 37 heavy (non-hydrogen) atoms. The lowest BCUT2D eigenvalue weighted by Crippen LogP contribution is -2.43. The number of nitro groups is 1. The molecule has 14 heteroatoms. The lowest BCUT2D eigenvalue weighted by atomic mass is 9.98. The molecule has 0 fully saturated rings. The van der Waals surface area contributed by atoms with E-state index in [1.807, 2.05) is 5.43 Å². The van der Waals surface area contributed by atoms with E-state index in [0.29, 0.717) is 10.4 Å². The molecule has 0 saturated carbocycles. The summed E-state index contributed by atoms with van der Waals surface area (Å²) in [7, 11) is 0. The minimum absolute atomic E-state index is 0.0266. The molecule has 4 N–H and O–H groups in total. The fourth-order valence-corrected chi connectivity index (χ4v) is 3.66. The molecule has 0 aliphatic heterocycles. The summed E-state index contributed by atoms with van der Waals surface area (Å²) in [4.78, 5) is 52.5. The smallest absolute Gasteiger partial charge is 0.425 e. The van der Waals surface area contributed by atoms with E-state index in [9.17, 15) is 29.6 Å². The first-order valence-electron chi connectivity index (χ1n) is 10.4. The van der Waals surface area contributed by atoms with Crippen molar-refractivity contribution in [1.29, 1.82) is 0 Å². The maximum Gasteiger partial charge on any atom is 0.425 e. The van der Waals surface area contributed by atoms with Gasteiger partial charge in [-0.1, -0.05) is 41.9 Å². The topological polar surface area (TPSA) is 181 Å². The molecule has 0 unspecified atom stereocenters. The lowest BCUT2D eigenvalue weighted by molar-refractivity contribution is -0.384. The first-order valence-corrected chi connectivity index (χ1v) is 10.8. The molecule has 0 atom stereocenters. The molecule has 2 aromatic carbocycles. The number of carboxylic acid groups (broad SMARTS) is 1. The van der Waals surface area contributed by atoms with Gasteiger partial charge in [-0.2, -0.15) is 9.89 Å². The second-order valence-electron chi connectivity index (χ2n) is 7.34. The summed E-state index contributed by atoms with van der Waals surface area (Å²) in [6.07, 6.45) is 1.20. The monoisotopic (exact) mass is 521 g/mol. The number of nitrogens with one attached hydrogen (secondary N) is 3. The maximum absolute atomic E-state index is 13.3. The zero-order valence-electron chi connectivity index (χ0n) is 18.6. The molecule has 3 amide bonds. The molecular weight excluding hydrogens is 506 g/mol. The fourth-order valence-electron chi connectivity index (χ4n) is 3.43. The van der Waals surface area contributed by atoms with E-state index in [-0.39, 0.29) is 38.8 Å². The number of pyridine rings is 1. The van der Waals surface area contributed by atoms with E-state index in [1.54, 1.807) is 24.3 Å². The van der Waals surface area contributed by atoms with E-state index in [2.05, 4.69) is 20.9 Å². The Kier molecular flexibility index (Phi) is 7.06. The average Bonchev–Trinajstić information content (AvgIpc) is 3.26. The van der Waals surface area contributed by atoms with Crippen molar-refractivity contribution >= 4 is 35.2 Å². The van der Waals surface area contributed by atoms with Crippen LogP contribution >= 0.6 is 11.6 Å². The highest BCUT2D eigenvalue weighted by Gasteiger charge is 2.29. The highest BCUT2D eigenvalue weighted by molar-refractivity contribution is 6.33. The number of non-ortho nitro benzene ring substituents is 1. The van der Waals surface area contributed by atoms with Crippen molar-refractivity contribution in [3.05, 3.63) is 99.5 Å². The first-order chi connectivity index (χ1) is 17.8. The van der Waals surface area contributed by atoms with Crippen LogP contribution in [0.1, 0.15) is 20.8 Å². The van der Waals surface area contributed by atoms with Crippen LogP contribution in [0.4, 0.5) is 10.5 Å². The van der Waals surface area contributed by atoms with Gasteiger partial charge in [0.05, 0.1) is 15.5 Å². The molecule has 0 saturated heterocycles. The Labute approximate surface area is 212 Å². The van der Waals surface area contributed by atoms with E-state index < -0.39 is 22.8 Å². The summed E-state index contributed by atoms with van der Waals surface area (Å²) >= 11 is 6.36. The Hall–Kier alpha value is -5.30. The lowest BCUT2D eigenvalue weighted by Gasteiger charge is -2.11. The number of benzene rings is 2. The van der Waals surface area contributed by atoms with Crippen molar-refractivity contribution in [2.45, 2.75) is 0 Å². The van der Waals surface area contributed by atoms with Gasteiger partial charge in [-0.15, -0.1) is 0 Å². The maximum atomic E-state index is 13.3. The molecule has 2 aromatic heterocycles. The Morgan fingerprint density at radius 1 is 1.00 bits per heavy atom. The second kappa shape index (κ2) is 10.5. The highest BCUT2D eigenvalue weighted by atomic mass is 35.5. The minimum atomic E-state index is -1.55. The molecule has 4 rings (SSSR count). The van der Waals surface area contributed by atoms with Gasteiger partial charge in [0.2, 0.25) is 0 Å². The van der Waals surface area contributed by atoms with Crippen molar-refractivity contribution in [2.75, 3.05) is 5.43 Å². The number of nitrogens with zero attached hydrogens (tertiary/aromatic N) is 4. The van der Waals surface area contributed by atoms with Gasteiger partial charge in [-0.3, -0.25) is 35.5 Å². The third-order valence-corrected chi connectivity index (χ3v) is 5.32. The Morgan fingerprint density at radius 3 is 2.43 bits per heavy atom. The quantitative estimate of drug-likeness (QED) is 0.219. The van der Waals surface area contributed by atoms with Gasteiger partial charge in [-0.05, 0) is 23.8 Å². The van der Waals surface area contributed by atoms with Gasteiger partial charge in [0, 0.05) is 35.7 Å². The minimum Gasteiger partial charge on any atom is -0.464 e. The third kappa shape index (κ3) is 5.36. The number of hydrogen-bond donors (Lipinski definition) is 4. The zero-order valence-corrected chi connectivity index (χ0v) is 19.3. The van der Waals surface area contributed by atoms with E-state index in [0.717, 1.165) is 0 Å². The van der Waals surface area contributed by atoms with Crippen LogP contribution < -0.4 is 16.3 Å². The van der Waals surface area contributed by atoms with Gasteiger partial charge in [0.25, 0.3) is 17.5 Å². The third-order valence-electron chi connectivity index (χ3n) is 4.99. The predicted molar refractivity (Wildman–Crippen MR) is 131 cm³/mol. The summed E-state index contributed by atoms with van der Waals surface area (Å²) in [6, 6.07) is 14.8. The van der Waals surface area contributed by atoms with Gasteiger partial charge in [0.15, 0.2) is 5.69 Å². The van der Waals surface area contributed by atoms with Crippen molar-refractivity contribution in [3.63, 3.8) is 0 Å². The molecule has 0 aliphatic rings. The zero-order chi connectivity index (χ0) is 26.5. The number of hydrazine groups is 1. The first kappa shape index (κ1) is 24.8. The van der Waals surface area contributed by atoms with Crippen molar-refractivity contribution in [3.8, 4) is 22.4 Å². The summed E-state index contributed by atoms with van der Waals surface area (Å²) < 4.78 is 0. The SMILES string of the molecule is O=C(O)Nn1nc(-c2ccccc2Cl)c(-c2cccc([N+](=O)[O-])c2)c1C(=O)NNC(=O)c1cccnc1. The number of carbonyl (C=O) groups is 3. The molecule has 0 spiro atoms. The molecule has 186 valence electrons. The van der Waals surface area contributed by atoms with Crippen LogP contribution in [0.25, 0.3) is 22.4 Å². The van der Waals surface area contributed by atoms with Crippen LogP contribution in [0.15, 0.2) is 73.1 Å². The van der Waals surface area contributed by atoms with Crippen LogP contribution in [0, 0.1) is 10.1 Å². The average molecular weight is 522 g/mol. The Morgan fingerprint density at radius 2 is 1.76 bits per heavy atom. The van der Waals surface area contributed by atoms with Crippen LogP contribution in [-0.2, 0) is 0 Å².